The molecule has 3 unspecified atom stereocenters. The normalized spacial score (nSPS) is 24.7. The molecule has 3 atom stereocenters. The summed E-state index contributed by atoms with van der Waals surface area (Å²) < 4.78 is 0. The van der Waals surface area contributed by atoms with Crippen LogP contribution in [0, 0.1) is 23.2 Å². The Hall–Kier alpha value is -2.43. The van der Waals surface area contributed by atoms with Crippen LogP contribution < -0.4 is 10.7 Å². The Balaban J connectivity index is 1.52. The molecule has 1 aromatic rings. The molecule has 0 saturated heterocycles. The quantitative estimate of drug-likeness (QED) is 0.500. The molecule has 3 rings (SSSR count). The number of nitrogens with zero attached hydrogens (tertiary/aromatic N) is 1. The third kappa shape index (κ3) is 4.16. The largest absolute Gasteiger partial charge is 0.326 e. The van der Waals surface area contributed by atoms with Gasteiger partial charge in [0.05, 0.1) is 0 Å². The molecule has 25 heavy (non-hydrogen) atoms. The number of carbonyl (C=O) groups excluding carboxylic acids is 2. The summed E-state index contributed by atoms with van der Waals surface area (Å²) in [5.41, 5.74) is 3.32. The first-order valence-electron chi connectivity index (χ1n) is 8.76. The zero-order valence-corrected chi connectivity index (χ0v) is 15.0. The first kappa shape index (κ1) is 17.4. The van der Waals surface area contributed by atoms with Crippen LogP contribution in [-0.4, -0.2) is 18.0 Å². The van der Waals surface area contributed by atoms with Crippen molar-refractivity contribution < 1.29 is 9.59 Å². The second kappa shape index (κ2) is 6.82. The van der Waals surface area contributed by atoms with Crippen LogP contribution in [0.5, 0.6) is 0 Å². The Morgan fingerprint density at radius 2 is 1.84 bits per heavy atom. The lowest BCUT2D eigenvalue weighted by Crippen LogP contribution is -2.27. The molecule has 2 aliphatic carbocycles. The highest BCUT2D eigenvalue weighted by atomic mass is 16.2. The minimum atomic E-state index is -0.459. The lowest BCUT2D eigenvalue weighted by atomic mass is 9.95. The molecule has 0 aliphatic heterocycles. The molecule has 5 heteroatoms. The highest BCUT2D eigenvalue weighted by Gasteiger charge is 2.34. The van der Waals surface area contributed by atoms with Crippen LogP contribution in [-0.2, 0) is 4.79 Å². The number of benzene rings is 1. The van der Waals surface area contributed by atoms with Gasteiger partial charge in [0.1, 0.15) is 0 Å². The van der Waals surface area contributed by atoms with E-state index in [4.69, 9.17) is 0 Å². The third-order valence-corrected chi connectivity index (χ3v) is 4.85. The number of amides is 2. The highest BCUT2D eigenvalue weighted by Crippen LogP contribution is 2.42. The van der Waals surface area contributed by atoms with Crippen molar-refractivity contribution in [2.75, 3.05) is 5.32 Å². The van der Waals surface area contributed by atoms with Gasteiger partial charge >= 0.3 is 0 Å². The van der Waals surface area contributed by atoms with Crippen molar-refractivity contribution in [1.82, 2.24) is 5.43 Å². The number of hydrogen-bond donors (Lipinski definition) is 2. The van der Waals surface area contributed by atoms with E-state index in [0.29, 0.717) is 29.0 Å². The van der Waals surface area contributed by atoms with Crippen molar-refractivity contribution in [2.45, 2.75) is 33.6 Å². The minimum Gasteiger partial charge on any atom is -0.326 e. The van der Waals surface area contributed by atoms with E-state index < -0.39 is 5.41 Å². The number of hydrogen-bond acceptors (Lipinski definition) is 3. The van der Waals surface area contributed by atoms with E-state index in [1.165, 1.54) is 6.42 Å². The lowest BCUT2D eigenvalue weighted by molar-refractivity contribution is -0.123. The van der Waals surface area contributed by atoms with Gasteiger partial charge < -0.3 is 5.32 Å². The molecule has 2 aliphatic rings. The molecule has 1 saturated carbocycles. The summed E-state index contributed by atoms with van der Waals surface area (Å²) in [6, 6.07) is 6.82. The molecular formula is C20H25N3O2. The van der Waals surface area contributed by atoms with Gasteiger partial charge in [-0.25, -0.2) is 5.43 Å². The molecule has 132 valence electrons. The summed E-state index contributed by atoms with van der Waals surface area (Å²) in [5.74, 6) is 1.40. The molecule has 1 fully saturated rings. The molecule has 5 nitrogen and oxygen atoms in total. The Morgan fingerprint density at radius 3 is 2.40 bits per heavy atom. The van der Waals surface area contributed by atoms with Gasteiger partial charge in [0.2, 0.25) is 5.91 Å². The summed E-state index contributed by atoms with van der Waals surface area (Å²) in [7, 11) is 0. The van der Waals surface area contributed by atoms with Gasteiger partial charge in [-0.2, -0.15) is 5.10 Å². The zero-order chi connectivity index (χ0) is 18.0. The van der Waals surface area contributed by atoms with E-state index in [2.05, 4.69) is 28.0 Å². The van der Waals surface area contributed by atoms with Gasteiger partial charge in [0.25, 0.3) is 5.91 Å². The number of nitrogens with one attached hydrogen (secondary N) is 2. The first-order valence-corrected chi connectivity index (χ1v) is 8.76. The van der Waals surface area contributed by atoms with E-state index >= 15 is 0 Å². The summed E-state index contributed by atoms with van der Waals surface area (Å²) in [6.07, 6.45) is 8.75. The maximum absolute atomic E-state index is 12.1. The van der Waals surface area contributed by atoms with Crippen LogP contribution >= 0.6 is 0 Å². The van der Waals surface area contributed by atoms with Crippen molar-refractivity contribution >= 4 is 23.7 Å². The predicted molar refractivity (Wildman–Crippen MR) is 99.3 cm³/mol. The average molecular weight is 339 g/mol. The number of allylic oxidation sites excluding steroid dienone is 2. The van der Waals surface area contributed by atoms with E-state index in [0.717, 1.165) is 6.42 Å². The van der Waals surface area contributed by atoms with Gasteiger partial charge in [-0.3, -0.25) is 9.59 Å². The molecule has 2 amide bonds. The Morgan fingerprint density at radius 1 is 1.12 bits per heavy atom. The molecule has 0 heterocycles. The van der Waals surface area contributed by atoms with Gasteiger partial charge in [-0.15, -0.1) is 0 Å². The topological polar surface area (TPSA) is 70.6 Å². The van der Waals surface area contributed by atoms with Gasteiger partial charge in [0.15, 0.2) is 0 Å². The van der Waals surface area contributed by atoms with Crippen LogP contribution in [0.4, 0.5) is 5.69 Å². The van der Waals surface area contributed by atoms with E-state index in [1.54, 1.807) is 24.3 Å². The number of hydrazone groups is 1. The molecular weight excluding hydrogens is 314 g/mol. The molecule has 0 aromatic heterocycles. The van der Waals surface area contributed by atoms with E-state index in [-0.39, 0.29) is 11.8 Å². The summed E-state index contributed by atoms with van der Waals surface area (Å²) in [6.45, 7) is 5.57. The molecule has 0 radical (unpaired) electrons. The molecule has 2 bridgehead atoms. The fraction of sp³-hybridized carbons (Fsp3) is 0.450. The van der Waals surface area contributed by atoms with Gasteiger partial charge in [-0.1, -0.05) is 32.9 Å². The van der Waals surface area contributed by atoms with Crippen LogP contribution in [0.2, 0.25) is 0 Å². The smallest absolute Gasteiger partial charge is 0.271 e. The minimum absolute atomic E-state index is 0.0609. The van der Waals surface area contributed by atoms with Crippen LogP contribution in [0.1, 0.15) is 44.0 Å². The highest BCUT2D eigenvalue weighted by molar-refractivity contribution is 5.97. The number of rotatable bonds is 4. The van der Waals surface area contributed by atoms with Crippen LogP contribution in [0.25, 0.3) is 0 Å². The Labute approximate surface area is 148 Å². The standard InChI is InChI=1S/C20H25N3O2/c1-20(2,3)19(25)22-17-8-6-14(7-9-17)18(24)23-21-12-16-11-13-4-5-15(16)10-13/h4-9,12-13,15-16H,10-11H2,1-3H3,(H,22,25)(H,23,24). The zero-order valence-electron chi connectivity index (χ0n) is 15.0. The van der Waals surface area contributed by atoms with E-state index in [1.807, 2.05) is 27.0 Å². The molecule has 0 spiro atoms. The second-order valence-corrected chi connectivity index (χ2v) is 7.94. The molecule has 1 aromatic carbocycles. The fourth-order valence-electron chi connectivity index (χ4n) is 3.27. The average Bonchev–Trinajstić information content (AvgIpc) is 3.17. The summed E-state index contributed by atoms with van der Waals surface area (Å²) in [5, 5.41) is 6.96. The van der Waals surface area contributed by atoms with Crippen LogP contribution in [0.15, 0.2) is 41.5 Å². The SMILES string of the molecule is CC(C)(C)C(=O)Nc1ccc(C(=O)NN=CC2CC3C=CC2C3)cc1. The summed E-state index contributed by atoms with van der Waals surface area (Å²) >= 11 is 0. The van der Waals surface area contributed by atoms with Crippen LogP contribution in [0.3, 0.4) is 0 Å². The monoisotopic (exact) mass is 339 g/mol. The van der Waals surface area contributed by atoms with Crippen molar-refractivity contribution in [3.63, 3.8) is 0 Å². The third-order valence-electron chi connectivity index (χ3n) is 4.85. The van der Waals surface area contributed by atoms with Crippen molar-refractivity contribution in [3.05, 3.63) is 42.0 Å². The Kier molecular flexibility index (Phi) is 4.75. The van der Waals surface area contributed by atoms with Crippen molar-refractivity contribution in [3.8, 4) is 0 Å². The molecule has 2 N–H and O–H groups in total. The predicted octanol–water partition coefficient (Wildman–Crippen LogP) is 3.60. The van der Waals surface area contributed by atoms with Gasteiger partial charge in [-0.05, 0) is 48.9 Å². The number of anilines is 1. The first-order chi connectivity index (χ1) is 11.8. The number of fused-ring (bicyclic) bond motifs is 2. The number of carbonyl (C=O) groups is 2. The Bertz CT molecular complexity index is 713. The maximum Gasteiger partial charge on any atom is 0.271 e. The summed E-state index contributed by atoms with van der Waals surface area (Å²) in [4.78, 5) is 24.1. The van der Waals surface area contributed by atoms with Crippen molar-refractivity contribution in [1.29, 1.82) is 0 Å². The van der Waals surface area contributed by atoms with E-state index in [9.17, 15) is 9.59 Å². The maximum atomic E-state index is 12.1. The van der Waals surface area contributed by atoms with Gasteiger partial charge in [0, 0.05) is 28.8 Å². The lowest BCUT2D eigenvalue weighted by Gasteiger charge is -2.17. The second-order valence-electron chi connectivity index (χ2n) is 7.94. The van der Waals surface area contributed by atoms with Crippen molar-refractivity contribution in [2.24, 2.45) is 28.3 Å². The fourth-order valence-corrected chi connectivity index (χ4v) is 3.27.